The molecule has 0 saturated heterocycles. The van der Waals surface area contributed by atoms with E-state index in [9.17, 15) is 12.8 Å². The molecule has 0 amide bonds. The molecule has 28 heavy (non-hydrogen) atoms. The maximum absolute atomic E-state index is 13.0. The van der Waals surface area contributed by atoms with Crippen LogP contribution < -0.4 is 10.6 Å². The highest BCUT2D eigenvalue weighted by atomic mass is 127. The molecular weight excluding hydrogens is 494 g/mol. The van der Waals surface area contributed by atoms with E-state index in [4.69, 9.17) is 0 Å². The van der Waals surface area contributed by atoms with Crippen molar-refractivity contribution in [2.75, 3.05) is 20.6 Å². The van der Waals surface area contributed by atoms with Gasteiger partial charge in [0.25, 0.3) is 0 Å². The van der Waals surface area contributed by atoms with E-state index in [1.165, 1.54) is 30.5 Å². The Bertz CT molecular complexity index is 887. The van der Waals surface area contributed by atoms with E-state index in [1.807, 2.05) is 6.92 Å². The van der Waals surface area contributed by atoms with Crippen LogP contribution in [0.15, 0.2) is 58.4 Å². The Morgan fingerprint density at radius 3 is 2.32 bits per heavy atom. The second-order valence-corrected chi connectivity index (χ2v) is 8.19. The van der Waals surface area contributed by atoms with Gasteiger partial charge in [-0.05, 0) is 36.2 Å². The summed E-state index contributed by atoms with van der Waals surface area (Å²) in [5, 5.41) is 6.27. The number of nitrogens with zero attached hydrogens (tertiary/aromatic N) is 2. The molecular formula is C19H26FIN4O2S. The first-order valence-corrected chi connectivity index (χ1v) is 10.1. The smallest absolute Gasteiger partial charge is 0.242 e. The standard InChI is InChI=1S/C19H25FN4O2S.HI/c1-4-21-19(22-13-15-9-11-17(20)12-10-15)23-14-16-7-5-6-8-18(16)27(25,26)24(2)3;/h5-12H,4,13-14H2,1-3H3,(H2,21,22,23);1H. The summed E-state index contributed by atoms with van der Waals surface area (Å²) in [4.78, 5) is 4.73. The number of hydrogen-bond acceptors (Lipinski definition) is 3. The number of hydrogen-bond donors (Lipinski definition) is 2. The number of halogens is 2. The van der Waals surface area contributed by atoms with Gasteiger partial charge in [0.1, 0.15) is 5.82 Å². The Balaban J connectivity index is 0.00000392. The van der Waals surface area contributed by atoms with Gasteiger partial charge in [-0.3, -0.25) is 0 Å². The second kappa shape index (κ2) is 11.3. The van der Waals surface area contributed by atoms with Crippen LogP contribution >= 0.6 is 24.0 Å². The van der Waals surface area contributed by atoms with Crippen LogP contribution in [0.1, 0.15) is 18.1 Å². The first-order valence-electron chi connectivity index (χ1n) is 8.61. The summed E-state index contributed by atoms with van der Waals surface area (Å²) in [5.41, 5.74) is 1.53. The molecule has 0 bridgehead atoms. The summed E-state index contributed by atoms with van der Waals surface area (Å²) in [6.45, 7) is 3.29. The van der Waals surface area contributed by atoms with E-state index in [0.29, 0.717) is 31.2 Å². The van der Waals surface area contributed by atoms with E-state index in [2.05, 4.69) is 15.6 Å². The fraction of sp³-hybridized carbons (Fsp3) is 0.316. The topological polar surface area (TPSA) is 73.8 Å². The number of sulfonamides is 1. The molecule has 2 N–H and O–H groups in total. The molecule has 0 aliphatic carbocycles. The molecule has 0 unspecified atom stereocenters. The Labute approximate surface area is 183 Å². The SMILES string of the molecule is CCNC(=NCc1ccc(F)cc1)NCc1ccccc1S(=O)(=O)N(C)C.I. The van der Waals surface area contributed by atoms with Gasteiger partial charge in [0, 0.05) is 27.2 Å². The lowest BCUT2D eigenvalue weighted by Crippen LogP contribution is -2.37. The minimum Gasteiger partial charge on any atom is -0.357 e. The minimum atomic E-state index is -3.53. The summed E-state index contributed by atoms with van der Waals surface area (Å²) in [6, 6.07) is 13.0. The van der Waals surface area contributed by atoms with Crippen molar-refractivity contribution >= 4 is 40.0 Å². The average molecular weight is 520 g/mol. The molecule has 0 heterocycles. The molecule has 0 saturated carbocycles. The van der Waals surface area contributed by atoms with Crippen molar-refractivity contribution in [1.82, 2.24) is 14.9 Å². The monoisotopic (exact) mass is 520 g/mol. The molecule has 9 heteroatoms. The predicted molar refractivity (Wildman–Crippen MR) is 121 cm³/mol. The van der Waals surface area contributed by atoms with Crippen LogP contribution in [0.5, 0.6) is 0 Å². The molecule has 0 aliphatic rings. The van der Waals surface area contributed by atoms with Crippen LogP contribution in [0.4, 0.5) is 4.39 Å². The largest absolute Gasteiger partial charge is 0.357 e. The van der Waals surface area contributed by atoms with Crippen molar-refractivity contribution in [2.24, 2.45) is 4.99 Å². The van der Waals surface area contributed by atoms with E-state index in [-0.39, 0.29) is 34.7 Å². The van der Waals surface area contributed by atoms with E-state index in [0.717, 1.165) is 5.56 Å². The summed E-state index contributed by atoms with van der Waals surface area (Å²) in [6.07, 6.45) is 0. The van der Waals surface area contributed by atoms with E-state index in [1.54, 1.807) is 36.4 Å². The first-order chi connectivity index (χ1) is 12.8. The van der Waals surface area contributed by atoms with Gasteiger partial charge in [0.05, 0.1) is 11.4 Å². The minimum absolute atomic E-state index is 0. The van der Waals surface area contributed by atoms with Crippen LogP contribution in [-0.4, -0.2) is 39.3 Å². The third-order valence-corrected chi connectivity index (χ3v) is 5.77. The third kappa shape index (κ3) is 6.71. The van der Waals surface area contributed by atoms with Gasteiger partial charge in [-0.25, -0.2) is 22.1 Å². The zero-order valence-electron chi connectivity index (χ0n) is 16.1. The number of nitrogens with one attached hydrogen (secondary N) is 2. The highest BCUT2D eigenvalue weighted by Gasteiger charge is 2.20. The Hall–Kier alpha value is -1.72. The zero-order chi connectivity index (χ0) is 19.9. The van der Waals surface area contributed by atoms with Crippen molar-refractivity contribution in [1.29, 1.82) is 0 Å². The molecule has 2 rings (SSSR count). The molecule has 0 aromatic heterocycles. The predicted octanol–water partition coefficient (Wildman–Crippen LogP) is 2.95. The van der Waals surface area contributed by atoms with Gasteiger partial charge in [-0.15, -0.1) is 24.0 Å². The Kier molecular flexibility index (Phi) is 9.83. The quantitative estimate of drug-likeness (QED) is 0.335. The van der Waals surface area contributed by atoms with E-state index >= 15 is 0 Å². The number of guanidine groups is 1. The third-order valence-electron chi connectivity index (χ3n) is 3.85. The van der Waals surface area contributed by atoms with Crippen LogP contribution in [0.2, 0.25) is 0 Å². The van der Waals surface area contributed by atoms with Crippen LogP contribution in [-0.2, 0) is 23.1 Å². The molecule has 2 aromatic rings. The Morgan fingerprint density at radius 2 is 1.71 bits per heavy atom. The van der Waals surface area contributed by atoms with Crippen molar-refractivity contribution in [3.8, 4) is 0 Å². The number of aliphatic imine (C=N–C) groups is 1. The lowest BCUT2D eigenvalue weighted by Gasteiger charge is -2.17. The van der Waals surface area contributed by atoms with Crippen LogP contribution in [0, 0.1) is 5.82 Å². The zero-order valence-corrected chi connectivity index (χ0v) is 19.3. The molecule has 2 aromatic carbocycles. The highest BCUT2D eigenvalue weighted by molar-refractivity contribution is 14.0. The fourth-order valence-electron chi connectivity index (χ4n) is 2.38. The molecule has 0 spiro atoms. The van der Waals surface area contributed by atoms with Gasteiger partial charge >= 0.3 is 0 Å². The summed E-state index contributed by atoms with van der Waals surface area (Å²) < 4.78 is 39.2. The van der Waals surface area contributed by atoms with Crippen molar-refractivity contribution < 1.29 is 12.8 Å². The first kappa shape index (κ1) is 24.3. The molecule has 154 valence electrons. The summed E-state index contributed by atoms with van der Waals surface area (Å²) in [5.74, 6) is 0.269. The fourth-order valence-corrected chi connectivity index (χ4v) is 3.49. The summed E-state index contributed by atoms with van der Waals surface area (Å²) in [7, 11) is -0.514. The maximum atomic E-state index is 13.0. The van der Waals surface area contributed by atoms with Gasteiger partial charge in [0.15, 0.2) is 5.96 Å². The van der Waals surface area contributed by atoms with Crippen LogP contribution in [0.3, 0.4) is 0 Å². The summed E-state index contributed by atoms with van der Waals surface area (Å²) >= 11 is 0. The maximum Gasteiger partial charge on any atom is 0.242 e. The van der Waals surface area contributed by atoms with Crippen molar-refractivity contribution in [3.63, 3.8) is 0 Å². The molecule has 0 aliphatic heterocycles. The second-order valence-electron chi connectivity index (χ2n) is 6.07. The van der Waals surface area contributed by atoms with Crippen molar-refractivity contribution in [3.05, 3.63) is 65.5 Å². The number of rotatable bonds is 7. The lowest BCUT2D eigenvalue weighted by molar-refractivity contribution is 0.519. The van der Waals surface area contributed by atoms with Gasteiger partial charge in [-0.2, -0.15) is 0 Å². The average Bonchev–Trinajstić information content (AvgIpc) is 2.65. The van der Waals surface area contributed by atoms with Gasteiger partial charge < -0.3 is 10.6 Å². The van der Waals surface area contributed by atoms with Crippen molar-refractivity contribution in [2.45, 2.75) is 24.9 Å². The normalized spacial score (nSPS) is 11.8. The molecule has 6 nitrogen and oxygen atoms in total. The molecule has 0 radical (unpaired) electrons. The molecule has 0 fully saturated rings. The van der Waals surface area contributed by atoms with Gasteiger partial charge in [0.2, 0.25) is 10.0 Å². The van der Waals surface area contributed by atoms with Gasteiger partial charge in [-0.1, -0.05) is 30.3 Å². The lowest BCUT2D eigenvalue weighted by atomic mass is 10.2. The van der Waals surface area contributed by atoms with E-state index < -0.39 is 10.0 Å². The highest BCUT2D eigenvalue weighted by Crippen LogP contribution is 2.18. The Morgan fingerprint density at radius 1 is 1.07 bits per heavy atom. The molecule has 0 atom stereocenters. The number of benzene rings is 2. The van der Waals surface area contributed by atoms with Crippen LogP contribution in [0.25, 0.3) is 0 Å².